The van der Waals surface area contributed by atoms with Crippen molar-refractivity contribution in [3.05, 3.63) is 53.3 Å². The second-order valence-electron chi connectivity index (χ2n) is 5.26. The van der Waals surface area contributed by atoms with Crippen LogP contribution >= 0.6 is 0 Å². The molecule has 0 radical (unpaired) electrons. The van der Waals surface area contributed by atoms with Gasteiger partial charge in [-0.05, 0) is 49.6 Å². The van der Waals surface area contributed by atoms with Crippen LogP contribution in [0.4, 0.5) is 5.69 Å². The quantitative estimate of drug-likeness (QED) is 0.840. The highest BCUT2D eigenvalue weighted by Gasteiger charge is 2.12. The number of hydrogen-bond acceptors (Lipinski definition) is 2. The molecule has 4 nitrogen and oxygen atoms in total. The molecule has 106 valence electrons. The van der Waals surface area contributed by atoms with Gasteiger partial charge in [0.15, 0.2) is 0 Å². The van der Waals surface area contributed by atoms with Crippen molar-refractivity contribution in [3.63, 3.8) is 0 Å². The van der Waals surface area contributed by atoms with Gasteiger partial charge in [-0.25, -0.2) is 0 Å². The maximum atomic E-state index is 12.1. The lowest BCUT2D eigenvalue weighted by atomic mass is 9.97. The minimum absolute atomic E-state index is 0.0109. The highest BCUT2D eigenvalue weighted by atomic mass is 16.2. The molecule has 0 saturated carbocycles. The zero-order valence-electron chi connectivity index (χ0n) is 12.2. The van der Waals surface area contributed by atoms with Gasteiger partial charge in [0.2, 0.25) is 5.91 Å². The molecule has 0 aliphatic carbocycles. The zero-order valence-corrected chi connectivity index (χ0v) is 12.2. The van der Waals surface area contributed by atoms with E-state index in [0.717, 1.165) is 22.6 Å². The highest BCUT2D eigenvalue weighted by molar-refractivity contribution is 5.84. The fourth-order valence-corrected chi connectivity index (χ4v) is 2.24. The van der Waals surface area contributed by atoms with Crippen LogP contribution in [0.15, 0.2) is 36.4 Å². The van der Waals surface area contributed by atoms with E-state index in [2.05, 4.69) is 5.43 Å². The molecule has 0 aliphatic heterocycles. The smallest absolute Gasteiger partial charge is 0.239 e. The number of amides is 1. The van der Waals surface area contributed by atoms with Crippen LogP contribution < -0.4 is 11.2 Å². The van der Waals surface area contributed by atoms with Gasteiger partial charge in [0.05, 0.1) is 0 Å². The van der Waals surface area contributed by atoms with Crippen molar-refractivity contribution in [1.82, 2.24) is 4.68 Å². The molecule has 0 fully saturated rings. The minimum atomic E-state index is 0.0109. The Balaban J connectivity index is 1.99. The van der Waals surface area contributed by atoms with Gasteiger partial charge in [-0.15, -0.1) is 0 Å². The van der Waals surface area contributed by atoms with Gasteiger partial charge in [-0.2, -0.15) is 0 Å². The topological polar surface area (TPSA) is 60.0 Å². The second kappa shape index (κ2) is 5.82. The van der Waals surface area contributed by atoms with Crippen LogP contribution in [0.2, 0.25) is 0 Å². The number of nitrogens with zero attached hydrogens (tertiary/aromatic N) is 1. The lowest BCUT2D eigenvalue weighted by Gasteiger charge is -2.15. The molecule has 20 heavy (non-hydrogen) atoms. The maximum absolute atomic E-state index is 12.1. The van der Waals surface area contributed by atoms with E-state index in [0.29, 0.717) is 6.42 Å². The van der Waals surface area contributed by atoms with Crippen LogP contribution in [0, 0.1) is 13.8 Å². The number of carbonyl (C=O) groups is 1. The number of rotatable bonds is 4. The summed E-state index contributed by atoms with van der Waals surface area (Å²) in [7, 11) is 0. The van der Waals surface area contributed by atoms with E-state index in [4.69, 9.17) is 5.73 Å². The van der Waals surface area contributed by atoms with Crippen LogP contribution in [0.1, 0.15) is 36.2 Å². The SMILES string of the molecule is Cc1ccc(C)n1NC(=O)CC(C)c1ccc(N)cc1. The van der Waals surface area contributed by atoms with Gasteiger partial charge in [-0.1, -0.05) is 19.1 Å². The van der Waals surface area contributed by atoms with E-state index in [1.807, 2.05) is 61.8 Å². The normalized spacial score (nSPS) is 12.2. The van der Waals surface area contributed by atoms with E-state index < -0.39 is 0 Å². The van der Waals surface area contributed by atoms with E-state index in [1.165, 1.54) is 0 Å². The Kier molecular flexibility index (Phi) is 4.13. The standard InChI is InChI=1S/C16H21N3O/c1-11(14-6-8-15(17)9-7-14)10-16(20)18-19-12(2)4-5-13(19)3/h4-9,11H,10,17H2,1-3H3,(H,18,20). The summed E-state index contributed by atoms with van der Waals surface area (Å²) in [5, 5.41) is 0. The molecule has 0 bridgehead atoms. The predicted molar refractivity (Wildman–Crippen MR) is 82.2 cm³/mol. The number of anilines is 1. The van der Waals surface area contributed by atoms with Gasteiger partial charge >= 0.3 is 0 Å². The lowest BCUT2D eigenvalue weighted by Crippen LogP contribution is -2.25. The summed E-state index contributed by atoms with van der Waals surface area (Å²) in [6, 6.07) is 11.6. The molecule has 1 heterocycles. The first-order chi connectivity index (χ1) is 9.47. The molecule has 1 aromatic heterocycles. The largest absolute Gasteiger partial charge is 0.399 e. The number of aryl methyl sites for hydroxylation is 2. The average molecular weight is 271 g/mol. The molecular formula is C16H21N3O. The Hall–Kier alpha value is -2.23. The molecule has 4 heteroatoms. The third kappa shape index (κ3) is 3.20. The molecule has 2 aromatic rings. The predicted octanol–water partition coefficient (Wildman–Crippen LogP) is 2.95. The first-order valence-electron chi connectivity index (χ1n) is 6.77. The number of nitrogens with one attached hydrogen (secondary N) is 1. The summed E-state index contributed by atoms with van der Waals surface area (Å²) in [5.41, 5.74) is 12.5. The molecule has 1 atom stereocenters. The molecule has 1 amide bonds. The summed E-state index contributed by atoms with van der Waals surface area (Å²) in [4.78, 5) is 12.1. The third-order valence-corrected chi connectivity index (χ3v) is 3.50. The van der Waals surface area contributed by atoms with Crippen LogP contribution in [-0.2, 0) is 4.79 Å². The van der Waals surface area contributed by atoms with Crippen molar-refractivity contribution in [1.29, 1.82) is 0 Å². The summed E-state index contributed by atoms with van der Waals surface area (Å²) in [6.45, 7) is 5.98. The number of aromatic nitrogens is 1. The number of nitrogens with two attached hydrogens (primary N) is 1. The van der Waals surface area contributed by atoms with Crippen LogP contribution in [0.3, 0.4) is 0 Å². The number of hydrogen-bond donors (Lipinski definition) is 2. The Morgan fingerprint density at radius 2 is 1.70 bits per heavy atom. The Morgan fingerprint density at radius 3 is 2.25 bits per heavy atom. The first kappa shape index (κ1) is 14.2. The number of benzene rings is 1. The average Bonchev–Trinajstić information content (AvgIpc) is 2.71. The molecule has 0 saturated heterocycles. The number of nitrogen functional groups attached to an aromatic ring is 1. The molecule has 3 N–H and O–H groups in total. The lowest BCUT2D eigenvalue weighted by molar-refractivity contribution is -0.117. The van der Waals surface area contributed by atoms with E-state index in [-0.39, 0.29) is 11.8 Å². The van der Waals surface area contributed by atoms with E-state index in [9.17, 15) is 4.79 Å². The van der Waals surface area contributed by atoms with Crippen molar-refractivity contribution in [2.45, 2.75) is 33.1 Å². The molecule has 0 spiro atoms. The van der Waals surface area contributed by atoms with Gasteiger partial charge in [0.25, 0.3) is 0 Å². The van der Waals surface area contributed by atoms with E-state index in [1.54, 1.807) is 0 Å². The monoisotopic (exact) mass is 271 g/mol. The van der Waals surface area contributed by atoms with Crippen molar-refractivity contribution >= 4 is 11.6 Å². The van der Waals surface area contributed by atoms with Crippen LogP contribution in [-0.4, -0.2) is 10.6 Å². The first-order valence-corrected chi connectivity index (χ1v) is 6.77. The van der Waals surface area contributed by atoms with Crippen molar-refractivity contribution < 1.29 is 4.79 Å². The van der Waals surface area contributed by atoms with Crippen molar-refractivity contribution in [3.8, 4) is 0 Å². The van der Waals surface area contributed by atoms with E-state index >= 15 is 0 Å². The summed E-state index contributed by atoms with van der Waals surface area (Å²) >= 11 is 0. The highest BCUT2D eigenvalue weighted by Crippen LogP contribution is 2.20. The Labute approximate surface area is 119 Å². The van der Waals surface area contributed by atoms with Crippen molar-refractivity contribution in [2.24, 2.45) is 0 Å². The Morgan fingerprint density at radius 1 is 1.15 bits per heavy atom. The van der Waals surface area contributed by atoms with Crippen LogP contribution in [0.25, 0.3) is 0 Å². The molecular weight excluding hydrogens is 250 g/mol. The van der Waals surface area contributed by atoms with Gasteiger partial charge in [0.1, 0.15) is 0 Å². The maximum Gasteiger partial charge on any atom is 0.239 e. The third-order valence-electron chi connectivity index (χ3n) is 3.50. The van der Waals surface area contributed by atoms with Crippen molar-refractivity contribution in [2.75, 3.05) is 11.2 Å². The van der Waals surface area contributed by atoms with Crippen LogP contribution in [0.5, 0.6) is 0 Å². The molecule has 1 unspecified atom stereocenters. The summed E-state index contributed by atoms with van der Waals surface area (Å²) in [5.74, 6) is 0.170. The molecule has 0 aliphatic rings. The number of carbonyl (C=O) groups excluding carboxylic acids is 1. The fourth-order valence-electron chi connectivity index (χ4n) is 2.24. The van der Waals surface area contributed by atoms with Gasteiger partial charge in [0, 0.05) is 23.5 Å². The molecule has 2 rings (SSSR count). The summed E-state index contributed by atoms with van der Waals surface area (Å²) in [6.07, 6.45) is 0.445. The second-order valence-corrected chi connectivity index (χ2v) is 5.26. The minimum Gasteiger partial charge on any atom is -0.399 e. The Bertz CT molecular complexity index is 579. The van der Waals surface area contributed by atoms with Gasteiger partial charge < -0.3 is 5.73 Å². The van der Waals surface area contributed by atoms with Gasteiger partial charge in [-0.3, -0.25) is 14.9 Å². The zero-order chi connectivity index (χ0) is 14.7. The fraction of sp³-hybridized carbons (Fsp3) is 0.312. The summed E-state index contributed by atoms with van der Waals surface area (Å²) < 4.78 is 1.82. The molecule has 1 aromatic carbocycles.